The Hall–Kier alpha value is -3.21. The average molecular weight is 557 g/mol. The van der Waals surface area contributed by atoms with E-state index in [2.05, 4.69) is 5.32 Å². The van der Waals surface area contributed by atoms with E-state index >= 15 is 0 Å². The third-order valence-electron chi connectivity index (χ3n) is 5.24. The molecule has 3 amide bonds. The number of fused-ring (bicyclic) bond motifs is 2. The summed E-state index contributed by atoms with van der Waals surface area (Å²) in [5, 5.41) is 2.55. The lowest BCUT2D eigenvalue weighted by Gasteiger charge is -2.23. The molecular formula is C25H34Cl2N4O6. The Kier molecular flexibility index (Phi) is 11.5. The lowest BCUT2D eigenvalue weighted by Crippen LogP contribution is -2.50. The van der Waals surface area contributed by atoms with Gasteiger partial charge in [0, 0.05) is 14.1 Å². The zero-order valence-corrected chi connectivity index (χ0v) is 23.1. The summed E-state index contributed by atoms with van der Waals surface area (Å²) in [5.74, 6) is 0.957. The Morgan fingerprint density at radius 2 is 1.35 bits per heavy atom. The number of amides is 3. The van der Waals surface area contributed by atoms with Crippen LogP contribution in [0.2, 0.25) is 0 Å². The maximum atomic E-state index is 12.4. The summed E-state index contributed by atoms with van der Waals surface area (Å²) < 4.78 is 16.2. The number of rotatable bonds is 1. The molecule has 2 heterocycles. The zero-order chi connectivity index (χ0) is 25.8. The van der Waals surface area contributed by atoms with E-state index < -0.39 is 23.8 Å². The number of ether oxygens (including phenoxy) is 3. The second kappa shape index (κ2) is 13.4. The molecule has 0 bridgehead atoms. The quantitative estimate of drug-likeness (QED) is 0.552. The summed E-state index contributed by atoms with van der Waals surface area (Å²) in [4.78, 5) is 38.8. The lowest BCUT2D eigenvalue weighted by atomic mass is 10.2. The molecule has 0 radical (unpaired) electrons. The number of nitrogens with one attached hydrogen (secondary N) is 1. The van der Waals surface area contributed by atoms with Gasteiger partial charge in [0.15, 0.2) is 0 Å². The van der Waals surface area contributed by atoms with Gasteiger partial charge >= 0.3 is 6.09 Å². The van der Waals surface area contributed by atoms with E-state index in [-0.39, 0.29) is 49.8 Å². The zero-order valence-electron chi connectivity index (χ0n) is 21.4. The van der Waals surface area contributed by atoms with Gasteiger partial charge in [0.1, 0.15) is 42.4 Å². The molecule has 37 heavy (non-hydrogen) atoms. The van der Waals surface area contributed by atoms with Crippen LogP contribution in [0, 0.1) is 0 Å². The largest absolute Gasteiger partial charge is 0.489 e. The first-order valence-corrected chi connectivity index (χ1v) is 11.2. The molecule has 0 spiro atoms. The van der Waals surface area contributed by atoms with Gasteiger partial charge in [-0.3, -0.25) is 9.59 Å². The van der Waals surface area contributed by atoms with E-state index in [1.165, 1.54) is 9.80 Å². The van der Waals surface area contributed by atoms with Crippen LogP contribution in [0.4, 0.5) is 16.2 Å². The summed E-state index contributed by atoms with van der Waals surface area (Å²) in [6.45, 7) is 5.60. The standard InChI is InChI=1S/C15H20N2O4.C10H12N2O2.2ClH/c1-15(2,3)21-14(19)16-10-9-20-12-8-6-5-7-11(12)17(4)13(10)18;1-12-8-4-2-3-5-9(8)14-6-7(11)10(12)13;;/h5-8,10H,9H2,1-4H3,(H,16,19);2-5,7H,6,11H2,1H3;2*1H/t10-;7-;;/m00../s1. The smallest absolute Gasteiger partial charge is 0.408 e. The van der Waals surface area contributed by atoms with Crippen LogP contribution in [0.1, 0.15) is 20.8 Å². The fourth-order valence-electron chi connectivity index (χ4n) is 3.48. The summed E-state index contributed by atoms with van der Waals surface area (Å²) in [7, 11) is 3.36. The van der Waals surface area contributed by atoms with Crippen molar-refractivity contribution in [3.63, 3.8) is 0 Å². The number of benzene rings is 2. The monoisotopic (exact) mass is 556 g/mol. The number of likely N-dealkylation sites (N-methyl/N-ethyl adjacent to an activating group) is 2. The van der Waals surface area contributed by atoms with Crippen molar-refractivity contribution in [3.8, 4) is 11.5 Å². The maximum absolute atomic E-state index is 12.4. The highest BCUT2D eigenvalue weighted by molar-refractivity contribution is 6.00. The van der Waals surface area contributed by atoms with Crippen LogP contribution in [0.25, 0.3) is 0 Å². The predicted molar refractivity (Wildman–Crippen MR) is 146 cm³/mol. The summed E-state index contributed by atoms with van der Waals surface area (Å²) in [6.07, 6.45) is -0.635. The van der Waals surface area contributed by atoms with Crippen molar-refractivity contribution >= 4 is 54.1 Å². The topological polar surface area (TPSA) is 123 Å². The number of nitrogens with two attached hydrogens (primary N) is 1. The highest BCUT2D eigenvalue weighted by atomic mass is 35.5. The van der Waals surface area contributed by atoms with Crippen molar-refractivity contribution in [1.29, 1.82) is 0 Å². The predicted octanol–water partition coefficient (Wildman–Crippen LogP) is 3.15. The van der Waals surface area contributed by atoms with E-state index in [4.69, 9.17) is 19.9 Å². The average Bonchev–Trinajstić information content (AvgIpc) is 3.00. The van der Waals surface area contributed by atoms with Gasteiger partial charge in [0.2, 0.25) is 5.91 Å². The number of halogens is 2. The van der Waals surface area contributed by atoms with Crippen LogP contribution in [0.3, 0.4) is 0 Å². The number of alkyl carbamates (subject to hydrolysis) is 1. The molecule has 0 unspecified atom stereocenters. The minimum Gasteiger partial charge on any atom is -0.489 e. The molecule has 0 aliphatic carbocycles. The second-order valence-corrected chi connectivity index (χ2v) is 9.16. The number of carbonyl (C=O) groups excluding carboxylic acids is 3. The van der Waals surface area contributed by atoms with Crippen molar-refractivity contribution < 1.29 is 28.6 Å². The Morgan fingerprint density at radius 1 is 0.892 bits per heavy atom. The van der Waals surface area contributed by atoms with Gasteiger partial charge in [-0.1, -0.05) is 24.3 Å². The Morgan fingerprint density at radius 3 is 1.86 bits per heavy atom. The van der Waals surface area contributed by atoms with Crippen LogP contribution in [0.15, 0.2) is 48.5 Å². The molecule has 2 aliphatic rings. The van der Waals surface area contributed by atoms with Gasteiger partial charge in [-0.25, -0.2) is 4.79 Å². The van der Waals surface area contributed by atoms with Gasteiger partial charge in [0.05, 0.1) is 11.4 Å². The lowest BCUT2D eigenvalue weighted by molar-refractivity contribution is -0.121. The SMILES string of the molecule is CN1C(=O)[C@@H](N)COc2ccccc21.CN1C(=O)[C@@H](NC(=O)OC(C)(C)C)COc2ccccc21.Cl.Cl. The van der Waals surface area contributed by atoms with Gasteiger partial charge in [-0.05, 0) is 45.0 Å². The third-order valence-corrected chi connectivity index (χ3v) is 5.24. The number of anilines is 2. The molecule has 10 nitrogen and oxygen atoms in total. The van der Waals surface area contributed by atoms with Crippen molar-refractivity contribution in [2.45, 2.75) is 38.5 Å². The number of hydrogen-bond acceptors (Lipinski definition) is 7. The van der Waals surface area contributed by atoms with Gasteiger partial charge < -0.3 is 35.1 Å². The van der Waals surface area contributed by atoms with Gasteiger partial charge in [0.25, 0.3) is 5.91 Å². The molecular weight excluding hydrogens is 523 g/mol. The van der Waals surface area contributed by atoms with Crippen LogP contribution in [0.5, 0.6) is 11.5 Å². The highest BCUT2D eigenvalue weighted by Crippen LogP contribution is 2.30. The molecule has 2 aromatic carbocycles. The van der Waals surface area contributed by atoms with Crippen LogP contribution >= 0.6 is 24.8 Å². The fraction of sp³-hybridized carbons (Fsp3) is 0.400. The third kappa shape index (κ3) is 8.14. The van der Waals surface area contributed by atoms with Crippen LogP contribution in [-0.2, 0) is 14.3 Å². The molecule has 0 fully saturated rings. The molecule has 204 valence electrons. The van der Waals surface area contributed by atoms with Gasteiger partial charge in [-0.15, -0.1) is 24.8 Å². The van der Waals surface area contributed by atoms with Crippen molar-refractivity contribution in [1.82, 2.24) is 5.32 Å². The van der Waals surface area contributed by atoms with E-state index in [0.29, 0.717) is 17.2 Å². The van der Waals surface area contributed by atoms with Crippen molar-refractivity contribution in [2.24, 2.45) is 5.73 Å². The molecule has 4 rings (SSSR count). The summed E-state index contributed by atoms with van der Waals surface area (Å²) >= 11 is 0. The number of nitrogens with zero attached hydrogens (tertiary/aromatic N) is 2. The highest BCUT2D eigenvalue weighted by Gasteiger charge is 2.31. The van der Waals surface area contributed by atoms with E-state index in [0.717, 1.165) is 5.69 Å². The first-order chi connectivity index (χ1) is 16.5. The molecule has 2 aromatic rings. The Bertz CT molecular complexity index is 1090. The molecule has 0 aromatic heterocycles. The maximum Gasteiger partial charge on any atom is 0.408 e. The fourth-order valence-corrected chi connectivity index (χ4v) is 3.48. The molecule has 2 aliphatic heterocycles. The van der Waals surface area contributed by atoms with Crippen molar-refractivity contribution in [3.05, 3.63) is 48.5 Å². The van der Waals surface area contributed by atoms with E-state index in [1.807, 2.05) is 36.4 Å². The minimum atomic E-state index is -0.780. The first-order valence-electron chi connectivity index (χ1n) is 11.2. The van der Waals surface area contributed by atoms with E-state index in [1.54, 1.807) is 47.0 Å². The van der Waals surface area contributed by atoms with E-state index in [9.17, 15) is 14.4 Å². The molecule has 0 saturated heterocycles. The number of para-hydroxylation sites is 4. The van der Waals surface area contributed by atoms with Gasteiger partial charge in [-0.2, -0.15) is 0 Å². The van der Waals surface area contributed by atoms with Crippen LogP contribution < -0.4 is 30.3 Å². The molecule has 0 saturated carbocycles. The first kappa shape index (κ1) is 31.8. The molecule has 12 heteroatoms. The Balaban J connectivity index is 0.000000375. The number of hydrogen-bond donors (Lipinski definition) is 2. The normalized spacial score (nSPS) is 18.4. The van der Waals surface area contributed by atoms with Crippen LogP contribution in [-0.4, -0.2) is 62.9 Å². The van der Waals surface area contributed by atoms with Crippen molar-refractivity contribution in [2.75, 3.05) is 37.1 Å². The molecule has 2 atom stereocenters. The molecule has 3 N–H and O–H groups in total. The second-order valence-electron chi connectivity index (χ2n) is 9.16. The minimum absolute atomic E-state index is 0. The Labute approximate surface area is 229 Å². The summed E-state index contributed by atoms with van der Waals surface area (Å²) in [6, 6.07) is 13.3. The number of carbonyl (C=O) groups is 3. The summed E-state index contributed by atoms with van der Waals surface area (Å²) in [5.41, 5.74) is 6.46.